The third kappa shape index (κ3) is 2.70. The number of nitrogens with one attached hydrogen (secondary N) is 1. The minimum absolute atomic E-state index is 0.302. The van der Waals surface area contributed by atoms with Gasteiger partial charge in [-0.25, -0.2) is 4.79 Å². The van der Waals surface area contributed by atoms with E-state index in [0.29, 0.717) is 17.7 Å². The van der Waals surface area contributed by atoms with Gasteiger partial charge in [-0.15, -0.1) is 0 Å². The Kier molecular flexibility index (Phi) is 4.12. The molecule has 1 atom stereocenters. The van der Waals surface area contributed by atoms with E-state index in [1.165, 1.54) is 0 Å². The van der Waals surface area contributed by atoms with Gasteiger partial charge in [-0.2, -0.15) is 5.26 Å². The van der Waals surface area contributed by atoms with Gasteiger partial charge in [0.25, 0.3) is 5.91 Å². The molecule has 0 bridgehead atoms. The highest BCUT2D eigenvalue weighted by Crippen LogP contribution is 2.31. The average Bonchev–Trinajstić information content (AvgIpc) is 3.23. The molecule has 1 fully saturated rings. The van der Waals surface area contributed by atoms with Gasteiger partial charge < -0.3 is 10.2 Å². The fraction of sp³-hybridized carbons (Fsp3) is 0.238. The van der Waals surface area contributed by atoms with Gasteiger partial charge in [-0.05, 0) is 42.7 Å². The van der Waals surface area contributed by atoms with Crippen molar-refractivity contribution in [1.29, 1.82) is 5.26 Å². The predicted octanol–water partition coefficient (Wildman–Crippen LogP) is 1.91. The van der Waals surface area contributed by atoms with Crippen LogP contribution in [0.2, 0.25) is 0 Å². The molecule has 2 aliphatic heterocycles. The van der Waals surface area contributed by atoms with E-state index in [1.807, 2.05) is 30.3 Å². The maximum atomic E-state index is 13.0. The number of benzene rings is 2. The molecule has 0 unspecified atom stereocenters. The molecule has 0 aliphatic carbocycles. The monoisotopic (exact) mass is 374 g/mol. The second-order valence-corrected chi connectivity index (χ2v) is 7.06. The van der Waals surface area contributed by atoms with Crippen LogP contribution in [0, 0.1) is 11.3 Å². The summed E-state index contributed by atoms with van der Waals surface area (Å²) in [6.45, 7) is 1.79. The van der Waals surface area contributed by atoms with E-state index in [-0.39, 0.29) is 12.5 Å². The zero-order chi connectivity index (χ0) is 19.9. The van der Waals surface area contributed by atoms with Crippen molar-refractivity contribution >= 4 is 23.5 Å². The number of rotatable bonds is 3. The van der Waals surface area contributed by atoms with Crippen LogP contribution < -0.4 is 10.2 Å². The van der Waals surface area contributed by atoms with E-state index in [1.54, 1.807) is 36.1 Å². The normalized spacial score (nSPS) is 20.7. The van der Waals surface area contributed by atoms with Crippen LogP contribution in [0.3, 0.4) is 0 Å². The quantitative estimate of drug-likeness (QED) is 0.831. The van der Waals surface area contributed by atoms with E-state index >= 15 is 0 Å². The number of nitriles is 1. The van der Waals surface area contributed by atoms with Crippen molar-refractivity contribution in [2.24, 2.45) is 0 Å². The number of para-hydroxylation sites is 1. The van der Waals surface area contributed by atoms with Gasteiger partial charge in [0.1, 0.15) is 12.1 Å². The van der Waals surface area contributed by atoms with Crippen molar-refractivity contribution in [2.75, 3.05) is 18.0 Å². The molecule has 140 valence electrons. The largest absolute Gasteiger partial charge is 0.325 e. The lowest BCUT2D eigenvalue weighted by Gasteiger charge is -2.23. The molecule has 0 aromatic heterocycles. The lowest BCUT2D eigenvalue weighted by Crippen LogP contribution is -2.44. The summed E-state index contributed by atoms with van der Waals surface area (Å²) in [5.74, 6) is -0.808. The van der Waals surface area contributed by atoms with Gasteiger partial charge in [0.15, 0.2) is 0 Å². The lowest BCUT2D eigenvalue weighted by molar-refractivity contribution is -0.134. The number of hydrogen-bond donors (Lipinski definition) is 1. The molecule has 2 aliphatic rings. The van der Waals surface area contributed by atoms with Crippen LogP contribution in [-0.4, -0.2) is 35.8 Å². The highest BCUT2D eigenvalue weighted by molar-refractivity contribution is 6.10. The number of urea groups is 1. The molecule has 1 N–H and O–H groups in total. The molecule has 2 aromatic carbocycles. The van der Waals surface area contributed by atoms with Crippen molar-refractivity contribution in [3.63, 3.8) is 0 Å². The van der Waals surface area contributed by atoms with Crippen molar-refractivity contribution < 1.29 is 14.4 Å². The third-order valence-electron chi connectivity index (χ3n) is 5.33. The highest BCUT2D eigenvalue weighted by atomic mass is 16.2. The van der Waals surface area contributed by atoms with E-state index in [0.717, 1.165) is 22.6 Å². The Morgan fingerprint density at radius 2 is 2.00 bits per heavy atom. The highest BCUT2D eigenvalue weighted by Gasteiger charge is 2.50. The fourth-order valence-corrected chi connectivity index (χ4v) is 3.75. The van der Waals surface area contributed by atoms with Gasteiger partial charge in [-0.3, -0.25) is 14.5 Å². The molecule has 1 saturated heterocycles. The minimum atomic E-state index is -1.31. The van der Waals surface area contributed by atoms with Crippen LogP contribution >= 0.6 is 0 Å². The maximum absolute atomic E-state index is 13.0. The Labute approximate surface area is 162 Å². The van der Waals surface area contributed by atoms with Gasteiger partial charge in [-0.1, -0.05) is 30.3 Å². The van der Waals surface area contributed by atoms with E-state index in [2.05, 4.69) is 5.32 Å². The molecule has 4 amide bonds. The summed E-state index contributed by atoms with van der Waals surface area (Å²) >= 11 is 0. The number of hydrogen-bond acceptors (Lipinski definition) is 4. The summed E-state index contributed by atoms with van der Waals surface area (Å²) in [6, 6.07) is 15.6. The molecule has 7 nitrogen and oxygen atoms in total. The van der Waals surface area contributed by atoms with Crippen LogP contribution in [0.4, 0.5) is 10.5 Å². The molecule has 0 spiro atoms. The lowest BCUT2D eigenvalue weighted by atomic mass is 9.91. The summed E-state index contributed by atoms with van der Waals surface area (Å²) < 4.78 is 0. The second-order valence-electron chi connectivity index (χ2n) is 7.06. The van der Waals surface area contributed by atoms with Crippen molar-refractivity contribution in [3.8, 4) is 6.07 Å². The van der Waals surface area contributed by atoms with Crippen LogP contribution in [0.15, 0.2) is 48.5 Å². The number of fused-ring (bicyclic) bond motifs is 1. The molecular formula is C21H18N4O3. The fourth-order valence-electron chi connectivity index (χ4n) is 3.75. The topological polar surface area (TPSA) is 93.5 Å². The number of carbonyl (C=O) groups excluding carboxylic acids is 3. The molecule has 28 heavy (non-hydrogen) atoms. The Hall–Kier alpha value is -3.66. The van der Waals surface area contributed by atoms with Crippen molar-refractivity contribution in [2.45, 2.75) is 18.9 Å². The summed E-state index contributed by atoms with van der Waals surface area (Å²) in [5, 5.41) is 11.8. The molecular weight excluding hydrogens is 356 g/mol. The van der Waals surface area contributed by atoms with Gasteiger partial charge >= 0.3 is 6.03 Å². The first-order chi connectivity index (χ1) is 13.4. The smallest absolute Gasteiger partial charge is 0.319 e. The van der Waals surface area contributed by atoms with Crippen LogP contribution in [0.25, 0.3) is 0 Å². The minimum Gasteiger partial charge on any atom is -0.319 e. The first-order valence-corrected chi connectivity index (χ1v) is 8.97. The molecule has 0 radical (unpaired) electrons. The molecule has 7 heteroatoms. The Morgan fingerprint density at radius 3 is 2.79 bits per heavy atom. The van der Waals surface area contributed by atoms with E-state index < -0.39 is 17.5 Å². The zero-order valence-corrected chi connectivity index (χ0v) is 15.3. The SMILES string of the molecule is C[C@@]1(c2cccc(C#N)c2)NC(=O)N(CC(=O)N2CCc3ccccc32)C1=O. The Balaban J connectivity index is 1.57. The Morgan fingerprint density at radius 1 is 1.21 bits per heavy atom. The molecule has 0 saturated carbocycles. The molecule has 2 aromatic rings. The zero-order valence-electron chi connectivity index (χ0n) is 15.3. The van der Waals surface area contributed by atoms with Crippen molar-refractivity contribution in [3.05, 3.63) is 65.2 Å². The maximum Gasteiger partial charge on any atom is 0.325 e. The number of anilines is 1. The summed E-state index contributed by atoms with van der Waals surface area (Å²) in [6.07, 6.45) is 0.751. The van der Waals surface area contributed by atoms with Crippen LogP contribution in [0.1, 0.15) is 23.6 Å². The van der Waals surface area contributed by atoms with Gasteiger partial charge in [0.2, 0.25) is 5.91 Å². The molecule has 4 rings (SSSR count). The number of nitrogens with zero attached hydrogens (tertiary/aromatic N) is 3. The summed E-state index contributed by atoms with van der Waals surface area (Å²) in [5.41, 5.74) is 1.48. The first kappa shape index (κ1) is 17.7. The van der Waals surface area contributed by atoms with E-state index in [9.17, 15) is 14.4 Å². The summed E-state index contributed by atoms with van der Waals surface area (Å²) in [7, 11) is 0. The van der Waals surface area contributed by atoms with Gasteiger partial charge in [0, 0.05) is 12.2 Å². The average molecular weight is 374 g/mol. The Bertz CT molecular complexity index is 1040. The molecule has 2 heterocycles. The van der Waals surface area contributed by atoms with E-state index in [4.69, 9.17) is 5.26 Å². The third-order valence-corrected chi connectivity index (χ3v) is 5.33. The van der Waals surface area contributed by atoms with Gasteiger partial charge in [0.05, 0.1) is 11.6 Å². The summed E-state index contributed by atoms with van der Waals surface area (Å²) in [4.78, 5) is 40.9. The number of amides is 4. The standard InChI is InChI=1S/C21H18N4O3/c1-21(16-7-4-5-14(11-16)12-22)19(27)25(20(28)23-21)13-18(26)24-10-9-15-6-2-3-8-17(15)24/h2-8,11H,9-10,13H2,1H3,(H,23,28)/t21-/m0/s1. The number of imide groups is 1. The van der Waals surface area contributed by atoms with Crippen molar-refractivity contribution in [1.82, 2.24) is 10.2 Å². The second kappa shape index (κ2) is 6.50. The first-order valence-electron chi connectivity index (χ1n) is 8.97. The predicted molar refractivity (Wildman–Crippen MR) is 101 cm³/mol. The van der Waals surface area contributed by atoms with Crippen LogP contribution in [0.5, 0.6) is 0 Å². The number of carbonyl (C=O) groups is 3. The van der Waals surface area contributed by atoms with Crippen LogP contribution in [-0.2, 0) is 21.5 Å².